The summed E-state index contributed by atoms with van der Waals surface area (Å²) in [6.07, 6.45) is 5.24. The van der Waals surface area contributed by atoms with Gasteiger partial charge in [-0.05, 0) is 47.8 Å². The summed E-state index contributed by atoms with van der Waals surface area (Å²) in [4.78, 5) is 14.6. The molecular weight excluding hydrogens is 270 g/mol. The zero-order valence-electron chi connectivity index (χ0n) is 9.05. The lowest BCUT2D eigenvalue weighted by Gasteiger charge is -2.10. The minimum atomic E-state index is -0.0382. The molecule has 1 fully saturated rings. The van der Waals surface area contributed by atoms with Crippen molar-refractivity contribution in [3.05, 3.63) is 22.4 Å². The Kier molecular flexibility index (Phi) is 4.01. The van der Waals surface area contributed by atoms with Crippen LogP contribution in [0.2, 0.25) is 0 Å². The second kappa shape index (κ2) is 5.50. The summed E-state index contributed by atoms with van der Waals surface area (Å²) in [5.41, 5.74) is 0.603. The van der Waals surface area contributed by atoms with Crippen LogP contribution in [0.25, 0.3) is 0 Å². The van der Waals surface area contributed by atoms with Gasteiger partial charge in [0.05, 0.1) is 0 Å². The van der Waals surface area contributed by atoms with E-state index in [0.717, 1.165) is 24.0 Å². The zero-order valence-corrected chi connectivity index (χ0v) is 10.6. The van der Waals surface area contributed by atoms with Gasteiger partial charge in [0.15, 0.2) is 0 Å². The zero-order chi connectivity index (χ0) is 11.4. The van der Waals surface area contributed by atoms with Crippen molar-refractivity contribution in [3.63, 3.8) is 0 Å². The van der Waals surface area contributed by atoms with Crippen molar-refractivity contribution in [1.82, 2.24) is 15.6 Å². The number of aromatic amines is 1. The van der Waals surface area contributed by atoms with Crippen LogP contribution in [-0.4, -0.2) is 30.0 Å². The Hall–Kier alpha value is -0.810. The van der Waals surface area contributed by atoms with Gasteiger partial charge in [0.1, 0.15) is 5.69 Å². The van der Waals surface area contributed by atoms with E-state index >= 15 is 0 Å². The third kappa shape index (κ3) is 3.09. The van der Waals surface area contributed by atoms with Crippen molar-refractivity contribution < 1.29 is 4.79 Å². The van der Waals surface area contributed by atoms with Gasteiger partial charge in [0.25, 0.3) is 5.91 Å². The summed E-state index contributed by atoms with van der Waals surface area (Å²) in [6.45, 7) is 1.84. The lowest BCUT2D eigenvalue weighted by Crippen LogP contribution is -2.30. The van der Waals surface area contributed by atoms with Gasteiger partial charge >= 0.3 is 0 Å². The smallest absolute Gasteiger partial charge is 0.267 e. The maximum Gasteiger partial charge on any atom is 0.267 e. The molecule has 1 aromatic rings. The average Bonchev–Trinajstić information content (AvgIpc) is 2.89. The van der Waals surface area contributed by atoms with E-state index in [2.05, 4.69) is 31.5 Å². The van der Waals surface area contributed by atoms with Gasteiger partial charge in [-0.25, -0.2) is 0 Å². The first-order chi connectivity index (χ1) is 7.75. The molecule has 3 N–H and O–H groups in total. The summed E-state index contributed by atoms with van der Waals surface area (Å²) >= 11 is 3.30. The second-order valence-corrected chi connectivity index (χ2v) is 4.99. The first-order valence-corrected chi connectivity index (χ1v) is 6.40. The molecule has 0 radical (unpaired) electrons. The molecule has 0 saturated carbocycles. The van der Waals surface area contributed by atoms with Gasteiger partial charge in [0.2, 0.25) is 0 Å². The highest BCUT2D eigenvalue weighted by Crippen LogP contribution is 2.11. The molecule has 88 valence electrons. The van der Waals surface area contributed by atoms with Crippen molar-refractivity contribution in [3.8, 4) is 0 Å². The van der Waals surface area contributed by atoms with Gasteiger partial charge in [-0.3, -0.25) is 4.79 Å². The van der Waals surface area contributed by atoms with E-state index in [1.165, 1.54) is 12.8 Å². The molecule has 1 aromatic heterocycles. The fourth-order valence-corrected chi connectivity index (χ4v) is 2.30. The van der Waals surface area contributed by atoms with Crippen LogP contribution in [0.15, 0.2) is 16.7 Å². The van der Waals surface area contributed by atoms with Crippen LogP contribution in [-0.2, 0) is 0 Å². The number of amides is 1. The van der Waals surface area contributed by atoms with E-state index in [-0.39, 0.29) is 5.91 Å². The van der Waals surface area contributed by atoms with E-state index in [0.29, 0.717) is 11.7 Å². The number of hydrogen-bond acceptors (Lipinski definition) is 2. The molecule has 5 heteroatoms. The van der Waals surface area contributed by atoms with Gasteiger partial charge < -0.3 is 15.6 Å². The summed E-state index contributed by atoms with van der Waals surface area (Å²) in [5, 5.41) is 6.32. The number of H-pyrrole nitrogens is 1. The summed E-state index contributed by atoms with van der Waals surface area (Å²) in [7, 11) is 0. The monoisotopic (exact) mass is 285 g/mol. The molecule has 16 heavy (non-hydrogen) atoms. The molecule has 4 nitrogen and oxygen atoms in total. The van der Waals surface area contributed by atoms with E-state index in [1.54, 1.807) is 12.3 Å². The molecule has 0 unspecified atom stereocenters. The van der Waals surface area contributed by atoms with Gasteiger partial charge in [-0.15, -0.1) is 0 Å². The molecule has 0 bridgehead atoms. The molecule has 2 heterocycles. The number of rotatable bonds is 4. The fraction of sp³-hybridized carbons (Fsp3) is 0.545. The SMILES string of the molecule is O=C(NCC[C@H]1CCCN1)c1cc(Br)c[nH]1. The Morgan fingerprint density at radius 3 is 3.12 bits per heavy atom. The largest absolute Gasteiger partial charge is 0.356 e. The highest BCUT2D eigenvalue weighted by atomic mass is 79.9. The molecule has 1 amide bonds. The number of carbonyl (C=O) groups is 1. The number of aromatic nitrogens is 1. The summed E-state index contributed by atoms with van der Waals surface area (Å²) < 4.78 is 0.898. The number of hydrogen-bond donors (Lipinski definition) is 3. The third-order valence-electron chi connectivity index (χ3n) is 2.83. The van der Waals surface area contributed by atoms with Gasteiger partial charge in [0, 0.05) is 23.3 Å². The molecule has 0 spiro atoms. The van der Waals surface area contributed by atoms with Crippen LogP contribution in [0.4, 0.5) is 0 Å². The van der Waals surface area contributed by atoms with Crippen molar-refractivity contribution in [1.29, 1.82) is 0 Å². The van der Waals surface area contributed by atoms with Crippen LogP contribution >= 0.6 is 15.9 Å². The maximum atomic E-state index is 11.6. The normalized spacial score (nSPS) is 19.9. The Morgan fingerprint density at radius 2 is 2.50 bits per heavy atom. The van der Waals surface area contributed by atoms with E-state index in [9.17, 15) is 4.79 Å². The van der Waals surface area contributed by atoms with Crippen LogP contribution in [0, 0.1) is 0 Å². The molecule has 1 aliphatic rings. The summed E-state index contributed by atoms with van der Waals surface area (Å²) in [5.74, 6) is -0.0382. The predicted molar refractivity (Wildman–Crippen MR) is 66.5 cm³/mol. The van der Waals surface area contributed by atoms with Gasteiger partial charge in [-0.2, -0.15) is 0 Å². The Balaban J connectivity index is 1.71. The third-order valence-corrected chi connectivity index (χ3v) is 3.29. The standard InChI is InChI=1S/C11H16BrN3O/c12-8-6-10(15-7-8)11(16)14-5-3-9-2-1-4-13-9/h6-7,9,13,15H,1-5H2,(H,14,16)/t9-/m1/s1. The molecule has 0 aliphatic carbocycles. The molecule has 1 atom stereocenters. The summed E-state index contributed by atoms with van der Waals surface area (Å²) in [6, 6.07) is 2.36. The lowest BCUT2D eigenvalue weighted by molar-refractivity contribution is 0.0948. The highest BCUT2D eigenvalue weighted by molar-refractivity contribution is 9.10. The maximum absolute atomic E-state index is 11.6. The molecule has 1 saturated heterocycles. The van der Waals surface area contributed by atoms with Crippen LogP contribution < -0.4 is 10.6 Å². The van der Waals surface area contributed by atoms with Crippen molar-refractivity contribution in [2.75, 3.05) is 13.1 Å². The van der Waals surface area contributed by atoms with E-state index < -0.39 is 0 Å². The van der Waals surface area contributed by atoms with E-state index in [4.69, 9.17) is 0 Å². The first-order valence-electron chi connectivity index (χ1n) is 5.61. The quantitative estimate of drug-likeness (QED) is 0.788. The number of nitrogens with one attached hydrogen (secondary N) is 3. The van der Waals surface area contributed by atoms with Gasteiger partial charge in [-0.1, -0.05) is 0 Å². The molecule has 2 rings (SSSR count). The van der Waals surface area contributed by atoms with Crippen molar-refractivity contribution >= 4 is 21.8 Å². The van der Waals surface area contributed by atoms with Crippen molar-refractivity contribution in [2.24, 2.45) is 0 Å². The minimum absolute atomic E-state index is 0.0382. The molecular formula is C11H16BrN3O. The first kappa shape index (κ1) is 11.7. The van der Waals surface area contributed by atoms with Crippen LogP contribution in [0.3, 0.4) is 0 Å². The Bertz CT molecular complexity index is 358. The fourth-order valence-electron chi connectivity index (χ4n) is 1.96. The molecule has 0 aromatic carbocycles. The van der Waals surface area contributed by atoms with Crippen molar-refractivity contribution in [2.45, 2.75) is 25.3 Å². The van der Waals surface area contributed by atoms with E-state index in [1.807, 2.05) is 0 Å². The number of carbonyl (C=O) groups excluding carboxylic acids is 1. The predicted octanol–water partition coefficient (Wildman–Crippen LogP) is 1.65. The Labute approximate surface area is 103 Å². The van der Waals surface area contributed by atoms with Crippen LogP contribution in [0.1, 0.15) is 29.8 Å². The van der Waals surface area contributed by atoms with Crippen LogP contribution in [0.5, 0.6) is 0 Å². The Morgan fingerprint density at radius 1 is 1.62 bits per heavy atom. The average molecular weight is 286 g/mol. The second-order valence-electron chi connectivity index (χ2n) is 4.07. The topological polar surface area (TPSA) is 56.9 Å². The number of halogens is 1. The lowest BCUT2D eigenvalue weighted by atomic mass is 10.1. The highest BCUT2D eigenvalue weighted by Gasteiger charge is 2.14. The minimum Gasteiger partial charge on any atom is -0.356 e. The molecule has 1 aliphatic heterocycles.